The summed E-state index contributed by atoms with van der Waals surface area (Å²) in [6.45, 7) is 0. The fraction of sp³-hybridized carbons (Fsp3) is 0.455. The van der Waals surface area contributed by atoms with Gasteiger partial charge in [-0.3, -0.25) is 0 Å². The van der Waals surface area contributed by atoms with Gasteiger partial charge in [-0.05, 0) is 48.9 Å². The van der Waals surface area contributed by atoms with Crippen LogP contribution in [0.4, 0.5) is 4.39 Å². The average Bonchev–Trinajstić information content (AvgIpc) is 2.37. The highest BCUT2D eigenvalue weighted by Crippen LogP contribution is 2.28. The molecule has 0 atom stereocenters. The van der Waals surface area contributed by atoms with Crippen molar-refractivity contribution in [1.82, 2.24) is 0 Å². The molecule has 1 aliphatic rings. The van der Waals surface area contributed by atoms with Crippen LogP contribution in [0.5, 0.6) is 0 Å². The summed E-state index contributed by atoms with van der Waals surface area (Å²) in [7, 11) is 0. The molecular formula is C11H12ClF. The van der Waals surface area contributed by atoms with Gasteiger partial charge in [-0.25, -0.2) is 4.39 Å². The molecule has 0 aliphatic heterocycles. The molecule has 0 fully saturated rings. The first-order valence-electron chi connectivity index (χ1n) is 4.75. The Hall–Kier alpha value is -0.560. The molecule has 0 heterocycles. The molecule has 0 N–H and O–H groups in total. The van der Waals surface area contributed by atoms with E-state index in [1.54, 1.807) is 6.07 Å². The molecule has 2 heteroatoms. The highest BCUT2D eigenvalue weighted by Gasteiger charge is 2.14. The molecule has 1 aromatic carbocycles. The van der Waals surface area contributed by atoms with Gasteiger partial charge in [0.25, 0.3) is 0 Å². The summed E-state index contributed by atoms with van der Waals surface area (Å²) in [4.78, 5) is 0. The van der Waals surface area contributed by atoms with E-state index in [0.29, 0.717) is 0 Å². The fourth-order valence-corrected chi connectivity index (χ4v) is 2.23. The van der Waals surface area contributed by atoms with Crippen LogP contribution in [0.3, 0.4) is 0 Å². The van der Waals surface area contributed by atoms with E-state index in [4.69, 9.17) is 11.6 Å². The third kappa shape index (κ3) is 1.71. The van der Waals surface area contributed by atoms with Crippen LogP contribution in [0.2, 0.25) is 5.02 Å². The minimum absolute atomic E-state index is 0.0821. The standard InChI is InChI=1S/C11H12ClF/c12-10-6-7-11(13)9-5-3-1-2-4-8(9)10/h6-7H,1-5H2. The van der Waals surface area contributed by atoms with E-state index < -0.39 is 0 Å². The van der Waals surface area contributed by atoms with Gasteiger partial charge in [-0.2, -0.15) is 0 Å². The van der Waals surface area contributed by atoms with Crippen molar-refractivity contribution in [3.05, 3.63) is 34.1 Å². The Bertz CT molecular complexity index is 289. The van der Waals surface area contributed by atoms with E-state index in [-0.39, 0.29) is 5.82 Å². The first-order valence-corrected chi connectivity index (χ1v) is 5.12. The molecule has 0 nitrogen and oxygen atoms in total. The lowest BCUT2D eigenvalue weighted by Crippen LogP contribution is -1.96. The van der Waals surface area contributed by atoms with Crippen LogP contribution in [-0.4, -0.2) is 0 Å². The lowest BCUT2D eigenvalue weighted by molar-refractivity contribution is 0.604. The summed E-state index contributed by atoms with van der Waals surface area (Å²) in [5, 5.41) is 0.735. The molecule has 0 saturated heterocycles. The van der Waals surface area contributed by atoms with Gasteiger partial charge >= 0.3 is 0 Å². The van der Waals surface area contributed by atoms with Crippen molar-refractivity contribution in [1.29, 1.82) is 0 Å². The minimum Gasteiger partial charge on any atom is -0.207 e. The van der Waals surface area contributed by atoms with Crippen molar-refractivity contribution < 1.29 is 4.39 Å². The van der Waals surface area contributed by atoms with Gasteiger partial charge in [0.05, 0.1) is 0 Å². The second-order valence-electron chi connectivity index (χ2n) is 3.55. The van der Waals surface area contributed by atoms with Gasteiger partial charge in [-0.15, -0.1) is 0 Å². The molecule has 70 valence electrons. The van der Waals surface area contributed by atoms with E-state index in [1.165, 1.54) is 12.5 Å². The van der Waals surface area contributed by atoms with Crippen LogP contribution < -0.4 is 0 Å². The van der Waals surface area contributed by atoms with Gasteiger partial charge in [0.1, 0.15) is 5.82 Å². The molecular weight excluding hydrogens is 187 g/mol. The van der Waals surface area contributed by atoms with Crippen molar-refractivity contribution >= 4 is 11.6 Å². The molecule has 0 saturated carbocycles. The van der Waals surface area contributed by atoms with Crippen LogP contribution in [-0.2, 0) is 12.8 Å². The number of hydrogen-bond donors (Lipinski definition) is 0. The molecule has 0 amide bonds. The lowest BCUT2D eigenvalue weighted by Gasteiger charge is -2.08. The SMILES string of the molecule is Fc1ccc(Cl)c2c1CCCCC2. The summed E-state index contributed by atoms with van der Waals surface area (Å²) in [5.41, 5.74) is 1.89. The molecule has 0 radical (unpaired) electrons. The van der Waals surface area contributed by atoms with Crippen LogP contribution >= 0.6 is 11.6 Å². The summed E-state index contributed by atoms with van der Waals surface area (Å²) in [6, 6.07) is 3.15. The normalized spacial score (nSPS) is 16.5. The Kier molecular flexibility index (Phi) is 2.54. The third-order valence-corrected chi connectivity index (χ3v) is 3.02. The average molecular weight is 199 g/mol. The molecule has 2 rings (SSSR count). The Morgan fingerprint density at radius 1 is 1.00 bits per heavy atom. The number of rotatable bonds is 0. The zero-order valence-electron chi connectivity index (χ0n) is 7.45. The van der Waals surface area contributed by atoms with Crippen molar-refractivity contribution in [3.8, 4) is 0 Å². The van der Waals surface area contributed by atoms with E-state index in [0.717, 1.165) is 41.8 Å². The van der Waals surface area contributed by atoms with E-state index in [1.807, 2.05) is 0 Å². The second-order valence-corrected chi connectivity index (χ2v) is 3.95. The quantitative estimate of drug-likeness (QED) is 0.557. The van der Waals surface area contributed by atoms with Gasteiger partial charge in [0.2, 0.25) is 0 Å². The first-order chi connectivity index (χ1) is 6.29. The molecule has 0 aromatic heterocycles. The maximum Gasteiger partial charge on any atom is 0.126 e. The van der Waals surface area contributed by atoms with Crippen molar-refractivity contribution in [2.24, 2.45) is 0 Å². The molecule has 1 aromatic rings. The molecule has 13 heavy (non-hydrogen) atoms. The maximum absolute atomic E-state index is 13.4. The van der Waals surface area contributed by atoms with Gasteiger partial charge in [0, 0.05) is 5.02 Å². The first kappa shape index (κ1) is 9.01. The number of fused-ring (bicyclic) bond motifs is 1. The smallest absolute Gasteiger partial charge is 0.126 e. The van der Waals surface area contributed by atoms with E-state index in [2.05, 4.69) is 0 Å². The van der Waals surface area contributed by atoms with Crippen LogP contribution in [0.25, 0.3) is 0 Å². The monoisotopic (exact) mass is 198 g/mol. The van der Waals surface area contributed by atoms with Crippen LogP contribution in [0.15, 0.2) is 12.1 Å². The highest BCUT2D eigenvalue weighted by molar-refractivity contribution is 6.31. The summed E-state index contributed by atoms with van der Waals surface area (Å²) in [5.74, 6) is -0.0821. The minimum atomic E-state index is -0.0821. The van der Waals surface area contributed by atoms with Crippen molar-refractivity contribution in [2.45, 2.75) is 32.1 Å². The van der Waals surface area contributed by atoms with Crippen LogP contribution in [0, 0.1) is 5.82 Å². The molecule has 0 spiro atoms. The van der Waals surface area contributed by atoms with E-state index >= 15 is 0 Å². The zero-order valence-corrected chi connectivity index (χ0v) is 8.20. The number of benzene rings is 1. The number of hydrogen-bond acceptors (Lipinski definition) is 0. The predicted molar refractivity (Wildman–Crippen MR) is 52.7 cm³/mol. The van der Waals surface area contributed by atoms with Crippen molar-refractivity contribution in [2.75, 3.05) is 0 Å². The van der Waals surface area contributed by atoms with Gasteiger partial charge < -0.3 is 0 Å². The largest absolute Gasteiger partial charge is 0.207 e. The lowest BCUT2D eigenvalue weighted by atomic mass is 10.0. The predicted octanol–water partition coefficient (Wildman–Crippen LogP) is 3.75. The Morgan fingerprint density at radius 2 is 1.69 bits per heavy atom. The van der Waals surface area contributed by atoms with Crippen LogP contribution in [0.1, 0.15) is 30.4 Å². The molecule has 0 bridgehead atoms. The number of halogens is 2. The Balaban J connectivity index is 2.50. The Labute approximate surface area is 82.7 Å². The molecule has 1 aliphatic carbocycles. The summed E-state index contributed by atoms with van der Waals surface area (Å²) in [6.07, 6.45) is 5.19. The van der Waals surface area contributed by atoms with Crippen molar-refractivity contribution in [3.63, 3.8) is 0 Å². The zero-order chi connectivity index (χ0) is 9.26. The highest BCUT2D eigenvalue weighted by atomic mass is 35.5. The third-order valence-electron chi connectivity index (χ3n) is 2.67. The maximum atomic E-state index is 13.4. The molecule has 0 unspecified atom stereocenters. The van der Waals surface area contributed by atoms with Gasteiger partial charge in [-0.1, -0.05) is 18.0 Å². The fourth-order valence-electron chi connectivity index (χ4n) is 1.96. The van der Waals surface area contributed by atoms with Gasteiger partial charge in [0.15, 0.2) is 0 Å². The summed E-state index contributed by atoms with van der Waals surface area (Å²) < 4.78 is 13.4. The summed E-state index contributed by atoms with van der Waals surface area (Å²) >= 11 is 6.02. The Morgan fingerprint density at radius 3 is 2.46 bits per heavy atom. The second kappa shape index (κ2) is 3.67. The topological polar surface area (TPSA) is 0 Å². The van der Waals surface area contributed by atoms with E-state index in [9.17, 15) is 4.39 Å².